The Labute approximate surface area is 192 Å². The van der Waals surface area contributed by atoms with E-state index in [-0.39, 0.29) is 25.4 Å². The number of carbonyl (C=O) groups is 1. The van der Waals surface area contributed by atoms with Crippen LogP contribution in [0.4, 0.5) is 4.39 Å². The molecule has 0 spiro atoms. The summed E-state index contributed by atoms with van der Waals surface area (Å²) in [5.74, 6) is -0.964. The summed E-state index contributed by atoms with van der Waals surface area (Å²) in [5.41, 5.74) is 1.05. The third kappa shape index (κ3) is 4.12. The van der Waals surface area contributed by atoms with Crippen molar-refractivity contribution in [1.82, 2.24) is 9.47 Å². The molecule has 3 aromatic rings. The molecular formula is C24H19ClFN3O2S. The van der Waals surface area contributed by atoms with E-state index < -0.39 is 17.3 Å². The van der Waals surface area contributed by atoms with Gasteiger partial charge in [-0.25, -0.2) is 4.39 Å². The fraction of sp³-hybridized carbons (Fsp3) is 0.208. The van der Waals surface area contributed by atoms with Crippen molar-refractivity contribution in [2.45, 2.75) is 19.8 Å². The Morgan fingerprint density at radius 3 is 2.50 bits per heavy atom. The van der Waals surface area contributed by atoms with Crippen molar-refractivity contribution in [3.05, 3.63) is 84.0 Å². The fourth-order valence-electron chi connectivity index (χ4n) is 3.62. The number of hydrogen-bond acceptors (Lipinski definition) is 4. The highest BCUT2D eigenvalue weighted by Gasteiger charge is 2.24. The van der Waals surface area contributed by atoms with E-state index in [2.05, 4.69) is 0 Å². The summed E-state index contributed by atoms with van der Waals surface area (Å²) in [6.07, 6.45) is 3.13. The predicted octanol–water partition coefficient (Wildman–Crippen LogP) is 3.13. The van der Waals surface area contributed by atoms with Crippen molar-refractivity contribution < 1.29 is 9.18 Å². The van der Waals surface area contributed by atoms with E-state index in [9.17, 15) is 19.2 Å². The maximum Gasteiger partial charge on any atom is 0.273 e. The minimum absolute atomic E-state index is 0.0829. The highest BCUT2D eigenvalue weighted by molar-refractivity contribution is 7.07. The Hall–Kier alpha value is -3.21. The summed E-state index contributed by atoms with van der Waals surface area (Å²) >= 11 is 7.13. The minimum Gasteiger partial charge on any atom is -0.338 e. The van der Waals surface area contributed by atoms with E-state index in [1.165, 1.54) is 28.8 Å². The van der Waals surface area contributed by atoms with Crippen molar-refractivity contribution >= 4 is 40.5 Å². The molecule has 1 aliphatic heterocycles. The van der Waals surface area contributed by atoms with Crippen LogP contribution < -0.4 is 14.8 Å². The molecule has 0 radical (unpaired) electrons. The largest absolute Gasteiger partial charge is 0.338 e. The number of rotatable bonds is 3. The first-order chi connectivity index (χ1) is 15.4. The van der Waals surface area contributed by atoms with Gasteiger partial charge in [0, 0.05) is 18.7 Å². The SMILES string of the molecule is Cc1ccc(-n2c(=O)/c(=C/c3c(F)cccc3Cl)s/c2=C(/C#N)C(=O)N2CCCC2)cc1. The molecule has 8 heteroatoms. The van der Waals surface area contributed by atoms with E-state index >= 15 is 0 Å². The third-order valence-corrected chi connectivity index (χ3v) is 6.75. The number of aryl methyl sites for hydroxylation is 1. The molecule has 2 aromatic carbocycles. The molecule has 1 saturated heterocycles. The topological polar surface area (TPSA) is 66.1 Å². The number of halogens is 2. The van der Waals surface area contributed by atoms with E-state index in [1.54, 1.807) is 17.0 Å². The van der Waals surface area contributed by atoms with Gasteiger partial charge in [0.15, 0.2) is 5.57 Å². The first kappa shape index (κ1) is 22.0. The molecule has 1 amide bonds. The van der Waals surface area contributed by atoms with Gasteiger partial charge >= 0.3 is 0 Å². The van der Waals surface area contributed by atoms with Crippen LogP contribution in [0.15, 0.2) is 47.3 Å². The summed E-state index contributed by atoms with van der Waals surface area (Å²) in [5, 5.41) is 10.0. The van der Waals surface area contributed by atoms with Crippen LogP contribution in [0.2, 0.25) is 5.02 Å². The van der Waals surface area contributed by atoms with Gasteiger partial charge < -0.3 is 4.90 Å². The number of hydrogen-bond donors (Lipinski definition) is 0. The van der Waals surface area contributed by atoms with Crippen molar-refractivity contribution in [3.63, 3.8) is 0 Å². The number of benzene rings is 2. The second kappa shape index (κ2) is 9.11. The number of carbonyl (C=O) groups excluding carboxylic acids is 1. The number of amides is 1. The lowest BCUT2D eigenvalue weighted by molar-refractivity contribution is -0.123. The highest BCUT2D eigenvalue weighted by Crippen LogP contribution is 2.19. The molecule has 162 valence electrons. The number of aromatic nitrogens is 1. The van der Waals surface area contributed by atoms with E-state index in [4.69, 9.17) is 11.6 Å². The first-order valence-electron chi connectivity index (χ1n) is 10.1. The molecular weight excluding hydrogens is 449 g/mol. The Morgan fingerprint density at radius 2 is 1.88 bits per heavy atom. The summed E-state index contributed by atoms with van der Waals surface area (Å²) in [7, 11) is 0. The van der Waals surface area contributed by atoms with Crippen molar-refractivity contribution in [2.75, 3.05) is 13.1 Å². The standard InChI is InChI=1S/C24H19ClFN3O2S/c1-15-7-9-16(10-8-15)29-23(31)21(13-17-19(25)5-4-6-20(17)26)32-24(29)18(14-27)22(30)28-11-2-3-12-28/h4-10,13H,2-3,11-12H2,1H3/b21-13-,24-18-. The average molecular weight is 468 g/mol. The first-order valence-corrected chi connectivity index (χ1v) is 11.3. The van der Waals surface area contributed by atoms with Gasteiger partial charge in [-0.3, -0.25) is 14.2 Å². The van der Waals surface area contributed by atoms with Gasteiger partial charge in [-0.2, -0.15) is 5.26 Å². The van der Waals surface area contributed by atoms with Gasteiger partial charge in [0.1, 0.15) is 16.5 Å². The second-order valence-corrected chi connectivity index (χ2v) is 8.95. The molecule has 4 rings (SSSR count). The third-order valence-electron chi connectivity index (χ3n) is 5.32. The van der Waals surface area contributed by atoms with Crippen LogP contribution in [0.1, 0.15) is 24.0 Å². The molecule has 0 aliphatic carbocycles. The van der Waals surface area contributed by atoms with Crippen molar-refractivity contribution in [1.29, 1.82) is 5.26 Å². The zero-order chi connectivity index (χ0) is 22.8. The lowest BCUT2D eigenvalue weighted by atomic mass is 10.2. The molecule has 0 saturated carbocycles. The second-order valence-electron chi connectivity index (χ2n) is 7.51. The number of nitrogens with zero attached hydrogens (tertiary/aromatic N) is 3. The minimum atomic E-state index is -0.564. The molecule has 0 atom stereocenters. The molecule has 1 aromatic heterocycles. The van der Waals surface area contributed by atoms with Crippen LogP contribution in [-0.2, 0) is 4.79 Å². The maximum atomic E-state index is 14.4. The van der Waals surface area contributed by atoms with Crippen molar-refractivity contribution in [3.8, 4) is 11.8 Å². The Kier molecular flexibility index (Phi) is 6.26. The lowest BCUT2D eigenvalue weighted by Gasteiger charge is -2.14. The van der Waals surface area contributed by atoms with Gasteiger partial charge in [-0.15, -0.1) is 11.3 Å². The maximum absolute atomic E-state index is 14.4. The van der Waals surface area contributed by atoms with Crippen LogP contribution in [0.25, 0.3) is 17.3 Å². The van der Waals surface area contributed by atoms with Crippen LogP contribution in [0, 0.1) is 24.1 Å². The van der Waals surface area contributed by atoms with Crippen LogP contribution >= 0.6 is 22.9 Å². The number of likely N-dealkylation sites (tertiary alicyclic amines) is 1. The van der Waals surface area contributed by atoms with Gasteiger partial charge in [0.05, 0.1) is 15.2 Å². The summed E-state index contributed by atoms with van der Waals surface area (Å²) in [6, 6.07) is 13.5. The van der Waals surface area contributed by atoms with Crippen LogP contribution in [0.3, 0.4) is 0 Å². The number of thiazole rings is 1. The van der Waals surface area contributed by atoms with Crippen LogP contribution in [-0.4, -0.2) is 28.5 Å². The van der Waals surface area contributed by atoms with Gasteiger partial charge in [0.2, 0.25) is 0 Å². The van der Waals surface area contributed by atoms with E-state index in [0.29, 0.717) is 18.8 Å². The van der Waals surface area contributed by atoms with E-state index in [1.807, 2.05) is 25.1 Å². The zero-order valence-corrected chi connectivity index (χ0v) is 18.8. The Bertz CT molecular complexity index is 1390. The highest BCUT2D eigenvalue weighted by atomic mass is 35.5. The molecule has 32 heavy (non-hydrogen) atoms. The Morgan fingerprint density at radius 1 is 1.19 bits per heavy atom. The molecule has 5 nitrogen and oxygen atoms in total. The summed E-state index contributed by atoms with van der Waals surface area (Å²) < 4.78 is 16.1. The average Bonchev–Trinajstić information content (AvgIpc) is 3.41. The summed E-state index contributed by atoms with van der Waals surface area (Å²) in [4.78, 5) is 28.1. The monoisotopic (exact) mass is 467 g/mol. The normalized spacial score (nSPS) is 15.1. The van der Waals surface area contributed by atoms with Crippen molar-refractivity contribution in [2.24, 2.45) is 0 Å². The van der Waals surface area contributed by atoms with Gasteiger partial charge in [0.25, 0.3) is 11.5 Å². The predicted molar refractivity (Wildman–Crippen MR) is 124 cm³/mol. The van der Waals surface area contributed by atoms with E-state index in [0.717, 1.165) is 29.7 Å². The van der Waals surface area contributed by atoms with Crippen LogP contribution in [0.5, 0.6) is 0 Å². The smallest absolute Gasteiger partial charge is 0.273 e. The lowest BCUT2D eigenvalue weighted by Crippen LogP contribution is -2.35. The quantitative estimate of drug-likeness (QED) is 0.594. The molecule has 0 unspecified atom stereocenters. The number of nitriles is 1. The van der Waals surface area contributed by atoms with Gasteiger partial charge in [-0.1, -0.05) is 35.4 Å². The fourth-order valence-corrected chi connectivity index (χ4v) is 4.92. The van der Waals surface area contributed by atoms with Gasteiger partial charge in [-0.05, 0) is 50.1 Å². The zero-order valence-electron chi connectivity index (χ0n) is 17.3. The molecule has 1 aliphatic rings. The molecule has 0 bridgehead atoms. The molecule has 2 heterocycles. The summed E-state index contributed by atoms with van der Waals surface area (Å²) in [6.45, 7) is 3.08. The Balaban J connectivity index is 2.05. The molecule has 0 N–H and O–H groups in total. The molecule has 1 fully saturated rings.